The van der Waals surface area contributed by atoms with E-state index in [-0.39, 0.29) is 19.4 Å². The van der Waals surface area contributed by atoms with E-state index in [0.717, 1.165) is 0 Å². The van der Waals surface area contributed by atoms with Crippen LogP contribution < -0.4 is 10.6 Å². The average Bonchev–Trinajstić information content (AvgIpc) is 2.58. The van der Waals surface area contributed by atoms with E-state index in [1.54, 1.807) is 13.0 Å². The van der Waals surface area contributed by atoms with Crippen molar-refractivity contribution in [2.24, 2.45) is 5.92 Å². The minimum atomic E-state index is -1.36. The number of carboxylic acids is 1. The van der Waals surface area contributed by atoms with Crippen LogP contribution in [0.15, 0.2) is 24.3 Å². The topological polar surface area (TPSA) is 122 Å². The van der Waals surface area contributed by atoms with Crippen molar-refractivity contribution >= 4 is 23.8 Å². The van der Waals surface area contributed by atoms with Gasteiger partial charge in [-0.1, -0.05) is 19.1 Å². The number of halogens is 1. The largest absolute Gasteiger partial charge is 0.480 e. The molecule has 0 bridgehead atoms. The van der Waals surface area contributed by atoms with E-state index in [9.17, 15) is 28.7 Å². The Labute approximate surface area is 162 Å². The third kappa shape index (κ3) is 7.73. The fourth-order valence-electron chi connectivity index (χ4n) is 2.66. The molecule has 0 aromatic heterocycles. The van der Waals surface area contributed by atoms with Crippen molar-refractivity contribution in [2.45, 2.75) is 45.7 Å². The van der Waals surface area contributed by atoms with E-state index >= 15 is 0 Å². The zero-order valence-electron chi connectivity index (χ0n) is 16.0. The summed E-state index contributed by atoms with van der Waals surface area (Å²) in [6.07, 6.45) is -0.221. The molecular formula is C19H25FN2O6. The van der Waals surface area contributed by atoms with Crippen LogP contribution >= 0.6 is 0 Å². The van der Waals surface area contributed by atoms with E-state index in [1.807, 2.05) is 0 Å². The van der Waals surface area contributed by atoms with Crippen molar-refractivity contribution in [3.05, 3.63) is 35.6 Å². The van der Waals surface area contributed by atoms with Crippen molar-refractivity contribution in [1.82, 2.24) is 10.6 Å². The van der Waals surface area contributed by atoms with Crippen LogP contribution in [0.1, 0.15) is 32.8 Å². The summed E-state index contributed by atoms with van der Waals surface area (Å²) in [7, 11) is 0. The molecule has 8 nitrogen and oxygen atoms in total. The lowest BCUT2D eigenvalue weighted by atomic mass is 9.97. The van der Waals surface area contributed by atoms with Gasteiger partial charge in [-0.2, -0.15) is 0 Å². The van der Waals surface area contributed by atoms with E-state index in [1.165, 1.54) is 32.0 Å². The Morgan fingerprint density at radius 2 is 1.89 bits per heavy atom. The number of rotatable bonds is 10. The van der Waals surface area contributed by atoms with E-state index < -0.39 is 47.6 Å². The van der Waals surface area contributed by atoms with Crippen LogP contribution in [0.3, 0.4) is 0 Å². The fraction of sp³-hybridized carbons (Fsp3) is 0.474. The summed E-state index contributed by atoms with van der Waals surface area (Å²) in [5, 5.41) is 14.2. The summed E-state index contributed by atoms with van der Waals surface area (Å²) in [5.74, 6) is -4.38. The van der Waals surface area contributed by atoms with Crippen molar-refractivity contribution < 1.29 is 33.4 Å². The van der Waals surface area contributed by atoms with Crippen LogP contribution in [-0.4, -0.2) is 47.6 Å². The zero-order chi connectivity index (χ0) is 21.3. The number of ether oxygens (including phenoxy) is 1. The molecule has 1 aromatic rings. The van der Waals surface area contributed by atoms with Gasteiger partial charge in [-0.3, -0.25) is 14.4 Å². The molecule has 0 aliphatic heterocycles. The number of benzene rings is 1. The monoisotopic (exact) mass is 396 g/mol. The number of carboxylic acid groups (broad SMARTS) is 1. The number of hydrogen-bond acceptors (Lipinski definition) is 5. The highest BCUT2D eigenvalue weighted by molar-refractivity contribution is 5.90. The Morgan fingerprint density at radius 3 is 2.43 bits per heavy atom. The van der Waals surface area contributed by atoms with Gasteiger partial charge in [-0.25, -0.2) is 9.18 Å². The summed E-state index contributed by atoms with van der Waals surface area (Å²) in [4.78, 5) is 47.2. The highest BCUT2D eigenvalue weighted by atomic mass is 19.1. The first-order chi connectivity index (χ1) is 13.1. The molecule has 0 saturated heterocycles. The maximum absolute atomic E-state index is 13.4. The highest BCUT2D eigenvalue weighted by Crippen LogP contribution is 2.12. The summed E-state index contributed by atoms with van der Waals surface area (Å²) in [6, 6.07) is 3.06. The number of hydrogen-bond donors (Lipinski definition) is 3. The molecule has 0 fully saturated rings. The Bertz CT molecular complexity index is 724. The molecule has 0 saturated carbocycles. The SMILES string of the molecule is CCOC(=O)C[C@@H](C)[C@H](NC(=O)[C@@H](Cc1cccc(F)c1)NC(C)=O)C(=O)O. The molecule has 0 heterocycles. The molecule has 3 atom stereocenters. The molecule has 3 N–H and O–H groups in total. The van der Waals surface area contributed by atoms with Crippen LogP contribution in [0.2, 0.25) is 0 Å². The molecule has 154 valence electrons. The summed E-state index contributed by atoms with van der Waals surface area (Å²) in [6.45, 7) is 4.50. The third-order valence-corrected chi connectivity index (χ3v) is 3.95. The Kier molecular flexibility index (Phi) is 9.07. The fourth-order valence-corrected chi connectivity index (χ4v) is 2.66. The Morgan fingerprint density at radius 1 is 1.21 bits per heavy atom. The summed E-state index contributed by atoms with van der Waals surface area (Å²) >= 11 is 0. The van der Waals surface area contributed by atoms with Crippen LogP contribution in [0.25, 0.3) is 0 Å². The first-order valence-corrected chi connectivity index (χ1v) is 8.84. The minimum absolute atomic E-state index is 0.0260. The van der Waals surface area contributed by atoms with Gasteiger partial charge < -0.3 is 20.5 Å². The van der Waals surface area contributed by atoms with Crippen molar-refractivity contribution in [3.8, 4) is 0 Å². The normalized spacial score (nSPS) is 13.7. The Hall–Kier alpha value is -2.97. The molecule has 0 spiro atoms. The lowest BCUT2D eigenvalue weighted by Gasteiger charge is -2.24. The van der Waals surface area contributed by atoms with Crippen LogP contribution in [-0.2, 0) is 30.3 Å². The molecule has 0 unspecified atom stereocenters. The van der Waals surface area contributed by atoms with Gasteiger partial charge in [0.1, 0.15) is 17.9 Å². The number of carbonyl (C=O) groups is 4. The van der Waals surface area contributed by atoms with E-state index in [0.29, 0.717) is 5.56 Å². The molecule has 28 heavy (non-hydrogen) atoms. The standard InChI is InChI=1S/C19H25FN2O6/c1-4-28-16(24)8-11(2)17(19(26)27)22-18(25)15(21-12(3)23)10-13-6-5-7-14(20)9-13/h5-7,9,11,15,17H,4,8,10H2,1-3H3,(H,21,23)(H,22,25)(H,26,27)/t11-,15-,17+/m1/s1. The molecular weight excluding hydrogens is 371 g/mol. The average molecular weight is 396 g/mol. The van der Waals surface area contributed by atoms with Crippen LogP contribution in [0.4, 0.5) is 4.39 Å². The maximum atomic E-state index is 13.4. The number of carbonyl (C=O) groups excluding carboxylic acids is 3. The second-order valence-corrected chi connectivity index (χ2v) is 6.40. The van der Waals surface area contributed by atoms with Crippen LogP contribution in [0, 0.1) is 11.7 Å². The maximum Gasteiger partial charge on any atom is 0.326 e. The van der Waals surface area contributed by atoms with Gasteiger partial charge in [0.15, 0.2) is 0 Å². The zero-order valence-corrected chi connectivity index (χ0v) is 16.0. The van der Waals surface area contributed by atoms with E-state index in [4.69, 9.17) is 4.74 Å². The second kappa shape index (κ2) is 11.0. The minimum Gasteiger partial charge on any atom is -0.480 e. The first kappa shape index (κ1) is 23.1. The van der Waals surface area contributed by atoms with Gasteiger partial charge in [0.05, 0.1) is 13.0 Å². The highest BCUT2D eigenvalue weighted by Gasteiger charge is 2.31. The third-order valence-electron chi connectivity index (χ3n) is 3.95. The van der Waals surface area contributed by atoms with Gasteiger partial charge >= 0.3 is 11.9 Å². The molecule has 0 aliphatic carbocycles. The number of esters is 1. The molecule has 0 radical (unpaired) electrons. The van der Waals surface area contributed by atoms with Crippen molar-refractivity contribution in [3.63, 3.8) is 0 Å². The molecule has 9 heteroatoms. The molecule has 0 aliphatic rings. The number of amides is 2. The quantitative estimate of drug-likeness (QED) is 0.508. The number of aliphatic carboxylic acids is 1. The predicted octanol–water partition coefficient (Wildman–Crippen LogP) is 1.03. The molecule has 1 aromatic carbocycles. The second-order valence-electron chi connectivity index (χ2n) is 6.40. The number of nitrogens with one attached hydrogen (secondary N) is 2. The van der Waals surface area contributed by atoms with Gasteiger partial charge in [0.25, 0.3) is 0 Å². The molecule has 1 rings (SSSR count). The van der Waals surface area contributed by atoms with E-state index in [2.05, 4.69) is 10.6 Å². The van der Waals surface area contributed by atoms with Gasteiger partial charge in [0.2, 0.25) is 11.8 Å². The van der Waals surface area contributed by atoms with Gasteiger partial charge in [-0.05, 0) is 30.5 Å². The Balaban J connectivity index is 2.91. The summed E-state index contributed by atoms with van der Waals surface area (Å²) < 4.78 is 18.2. The summed E-state index contributed by atoms with van der Waals surface area (Å²) in [5.41, 5.74) is 0.459. The molecule has 2 amide bonds. The van der Waals surface area contributed by atoms with Gasteiger partial charge in [-0.15, -0.1) is 0 Å². The van der Waals surface area contributed by atoms with Gasteiger partial charge in [0, 0.05) is 13.3 Å². The van der Waals surface area contributed by atoms with Crippen molar-refractivity contribution in [2.75, 3.05) is 6.61 Å². The van der Waals surface area contributed by atoms with Crippen LogP contribution in [0.5, 0.6) is 0 Å². The first-order valence-electron chi connectivity index (χ1n) is 8.84. The lowest BCUT2D eigenvalue weighted by molar-refractivity contribution is -0.147. The van der Waals surface area contributed by atoms with Crippen molar-refractivity contribution in [1.29, 1.82) is 0 Å². The smallest absolute Gasteiger partial charge is 0.326 e. The predicted molar refractivity (Wildman–Crippen MR) is 97.7 cm³/mol. The lowest BCUT2D eigenvalue weighted by Crippen LogP contribution is -2.54.